The van der Waals surface area contributed by atoms with Crippen molar-refractivity contribution >= 4 is 23.1 Å². The second-order valence-electron chi connectivity index (χ2n) is 6.05. The Balaban J connectivity index is 1.90. The average molecular weight is 358 g/mol. The summed E-state index contributed by atoms with van der Waals surface area (Å²) in [5.41, 5.74) is 2.06. The van der Waals surface area contributed by atoms with E-state index in [4.69, 9.17) is 16.3 Å². The molecule has 0 radical (unpaired) electrons. The molecule has 0 aliphatic heterocycles. The Hall–Kier alpha value is -2.60. The summed E-state index contributed by atoms with van der Waals surface area (Å²) in [4.78, 5) is 27.8. The summed E-state index contributed by atoms with van der Waals surface area (Å²) in [6, 6.07) is 7.03. The van der Waals surface area contributed by atoms with Gasteiger partial charge in [-0.25, -0.2) is 9.31 Å². The van der Waals surface area contributed by atoms with Crippen molar-refractivity contribution < 1.29 is 9.53 Å². The van der Waals surface area contributed by atoms with E-state index in [1.54, 1.807) is 37.4 Å². The van der Waals surface area contributed by atoms with Crippen LogP contribution in [0.1, 0.15) is 41.6 Å². The molecule has 0 saturated heterocycles. The molecule has 4 rings (SSSR count). The van der Waals surface area contributed by atoms with Gasteiger partial charge in [0.2, 0.25) is 0 Å². The van der Waals surface area contributed by atoms with Gasteiger partial charge in [0.15, 0.2) is 5.82 Å². The maximum atomic E-state index is 12.7. The number of nitrogens with one attached hydrogen (secondary N) is 1. The number of hydrogen-bond acceptors (Lipinski definition) is 4. The number of ether oxygens (including phenoxy) is 1. The van der Waals surface area contributed by atoms with Crippen LogP contribution in [0.3, 0.4) is 0 Å². The van der Waals surface area contributed by atoms with Crippen molar-refractivity contribution in [2.75, 3.05) is 6.61 Å². The van der Waals surface area contributed by atoms with E-state index < -0.39 is 5.97 Å². The van der Waals surface area contributed by atoms with Gasteiger partial charge < -0.3 is 9.72 Å². The summed E-state index contributed by atoms with van der Waals surface area (Å²) < 4.78 is 6.63. The van der Waals surface area contributed by atoms with Crippen molar-refractivity contribution in [2.24, 2.45) is 0 Å². The van der Waals surface area contributed by atoms with Crippen molar-refractivity contribution in [2.45, 2.75) is 25.7 Å². The number of esters is 1. The van der Waals surface area contributed by atoms with Gasteiger partial charge in [-0.05, 0) is 49.9 Å². The molecule has 6 nitrogen and oxygen atoms in total. The van der Waals surface area contributed by atoms with Crippen molar-refractivity contribution in [1.29, 1.82) is 0 Å². The van der Waals surface area contributed by atoms with Crippen LogP contribution in [0.15, 0.2) is 35.3 Å². The van der Waals surface area contributed by atoms with Gasteiger partial charge in [-0.3, -0.25) is 4.79 Å². The second kappa shape index (κ2) is 6.04. The molecule has 3 aromatic rings. The smallest absolute Gasteiger partial charge is 0.340 e. The molecule has 0 unspecified atom stereocenters. The molecule has 2 heterocycles. The van der Waals surface area contributed by atoms with E-state index in [0.29, 0.717) is 21.9 Å². The highest BCUT2D eigenvalue weighted by molar-refractivity contribution is 6.30. The lowest BCUT2D eigenvalue weighted by atomic mass is 10.1. The number of H-pyrrole nitrogens is 1. The number of rotatable bonds is 4. The number of aromatic amines is 1. The molecule has 128 valence electrons. The molecular weight excluding hydrogens is 342 g/mol. The SMILES string of the molecule is CCOC(=O)c1cn2nc(-c3ccc(Cl)cc3)[nH]c(=O)c2c1C1CC1. The van der Waals surface area contributed by atoms with Crippen LogP contribution in [0.4, 0.5) is 0 Å². The molecule has 0 bridgehead atoms. The number of benzene rings is 1. The van der Waals surface area contributed by atoms with E-state index in [9.17, 15) is 9.59 Å². The van der Waals surface area contributed by atoms with E-state index in [0.717, 1.165) is 24.0 Å². The van der Waals surface area contributed by atoms with Crippen LogP contribution in [-0.2, 0) is 4.74 Å². The number of aromatic nitrogens is 3. The molecule has 1 N–H and O–H groups in total. The topological polar surface area (TPSA) is 76.5 Å². The number of carbonyl (C=O) groups excluding carboxylic acids is 1. The standard InChI is InChI=1S/C18H16ClN3O3/c1-2-25-18(24)13-9-22-15(14(13)10-3-4-10)17(23)20-16(21-22)11-5-7-12(19)8-6-11/h5-10H,2-4H2,1H3,(H,20,21,23). The Morgan fingerprint density at radius 1 is 1.36 bits per heavy atom. The quantitative estimate of drug-likeness (QED) is 0.726. The molecule has 0 atom stereocenters. The third-order valence-electron chi connectivity index (χ3n) is 4.28. The minimum Gasteiger partial charge on any atom is -0.462 e. The van der Waals surface area contributed by atoms with Crippen LogP contribution < -0.4 is 5.56 Å². The summed E-state index contributed by atoms with van der Waals surface area (Å²) in [6.45, 7) is 2.04. The van der Waals surface area contributed by atoms with Crippen LogP contribution in [0.5, 0.6) is 0 Å². The molecule has 1 aliphatic carbocycles. The predicted octanol–water partition coefficient (Wildman–Crippen LogP) is 3.40. The number of carbonyl (C=O) groups is 1. The first kappa shape index (κ1) is 15.9. The third-order valence-corrected chi connectivity index (χ3v) is 4.53. The Bertz CT molecular complexity index is 1020. The molecule has 1 aliphatic rings. The summed E-state index contributed by atoms with van der Waals surface area (Å²) in [7, 11) is 0. The number of hydrogen-bond donors (Lipinski definition) is 1. The van der Waals surface area contributed by atoms with E-state index in [2.05, 4.69) is 10.1 Å². The molecular formula is C18H16ClN3O3. The van der Waals surface area contributed by atoms with Gasteiger partial charge in [-0.15, -0.1) is 5.10 Å². The fourth-order valence-corrected chi connectivity index (χ4v) is 3.13. The van der Waals surface area contributed by atoms with Gasteiger partial charge in [0, 0.05) is 22.3 Å². The third kappa shape index (κ3) is 2.82. The molecule has 0 spiro atoms. The van der Waals surface area contributed by atoms with E-state index in [1.807, 2.05) is 0 Å². The van der Waals surface area contributed by atoms with Crippen molar-refractivity contribution in [1.82, 2.24) is 14.6 Å². The zero-order valence-corrected chi connectivity index (χ0v) is 14.3. The molecule has 1 aromatic carbocycles. The van der Waals surface area contributed by atoms with Crippen LogP contribution >= 0.6 is 11.6 Å². The Morgan fingerprint density at radius 3 is 2.72 bits per heavy atom. The second-order valence-corrected chi connectivity index (χ2v) is 6.49. The number of nitrogens with zero attached hydrogens (tertiary/aromatic N) is 2. The van der Waals surface area contributed by atoms with Crippen LogP contribution in [-0.4, -0.2) is 27.2 Å². The van der Waals surface area contributed by atoms with Crippen LogP contribution in [0, 0.1) is 0 Å². The highest BCUT2D eigenvalue weighted by Gasteiger charge is 2.33. The molecule has 1 saturated carbocycles. The van der Waals surface area contributed by atoms with Crippen LogP contribution in [0.25, 0.3) is 16.9 Å². The Morgan fingerprint density at radius 2 is 2.08 bits per heavy atom. The fourth-order valence-electron chi connectivity index (χ4n) is 3.01. The molecule has 7 heteroatoms. The molecule has 0 amide bonds. The average Bonchev–Trinajstić information content (AvgIpc) is 3.35. The monoisotopic (exact) mass is 357 g/mol. The lowest BCUT2D eigenvalue weighted by Gasteiger charge is -2.04. The van der Waals surface area contributed by atoms with Gasteiger partial charge in [0.25, 0.3) is 5.56 Å². The minimum atomic E-state index is -0.414. The molecule has 1 fully saturated rings. The van der Waals surface area contributed by atoms with Gasteiger partial charge in [-0.2, -0.15) is 0 Å². The predicted molar refractivity (Wildman–Crippen MR) is 94.2 cm³/mol. The number of halogens is 1. The largest absolute Gasteiger partial charge is 0.462 e. The van der Waals surface area contributed by atoms with Crippen molar-refractivity contribution in [3.05, 3.63) is 57.0 Å². The molecule has 2 aromatic heterocycles. The minimum absolute atomic E-state index is 0.216. The zero-order chi connectivity index (χ0) is 17.6. The van der Waals surface area contributed by atoms with Gasteiger partial charge in [-0.1, -0.05) is 11.6 Å². The summed E-state index contributed by atoms with van der Waals surface area (Å²) in [5.74, 6) is 0.220. The summed E-state index contributed by atoms with van der Waals surface area (Å²) in [5, 5.41) is 5.09. The van der Waals surface area contributed by atoms with E-state index >= 15 is 0 Å². The summed E-state index contributed by atoms with van der Waals surface area (Å²) in [6.07, 6.45) is 3.52. The first-order valence-electron chi connectivity index (χ1n) is 8.17. The summed E-state index contributed by atoms with van der Waals surface area (Å²) >= 11 is 5.91. The van der Waals surface area contributed by atoms with E-state index in [-0.39, 0.29) is 18.1 Å². The highest BCUT2D eigenvalue weighted by atomic mass is 35.5. The normalized spacial score (nSPS) is 14.0. The van der Waals surface area contributed by atoms with Gasteiger partial charge in [0.05, 0.1) is 12.2 Å². The van der Waals surface area contributed by atoms with Gasteiger partial charge in [0.1, 0.15) is 5.52 Å². The molecule has 25 heavy (non-hydrogen) atoms. The lowest BCUT2D eigenvalue weighted by Crippen LogP contribution is -2.14. The van der Waals surface area contributed by atoms with E-state index in [1.165, 1.54) is 4.52 Å². The van der Waals surface area contributed by atoms with Crippen LogP contribution in [0.2, 0.25) is 5.02 Å². The zero-order valence-electron chi connectivity index (χ0n) is 13.6. The fraction of sp³-hybridized carbons (Fsp3) is 0.278. The van der Waals surface area contributed by atoms with Crippen molar-refractivity contribution in [3.63, 3.8) is 0 Å². The first-order chi connectivity index (χ1) is 12.1. The number of fused-ring (bicyclic) bond motifs is 1. The first-order valence-corrected chi connectivity index (χ1v) is 8.55. The van der Waals surface area contributed by atoms with Crippen molar-refractivity contribution in [3.8, 4) is 11.4 Å². The maximum Gasteiger partial charge on any atom is 0.340 e. The highest BCUT2D eigenvalue weighted by Crippen LogP contribution is 2.43. The Labute approximate surface area is 148 Å². The maximum absolute atomic E-state index is 12.7. The lowest BCUT2D eigenvalue weighted by molar-refractivity contribution is 0.0525. The Kier molecular flexibility index (Phi) is 3.84. The van der Waals surface area contributed by atoms with Gasteiger partial charge >= 0.3 is 5.97 Å².